The molecule has 0 aliphatic heterocycles. The molecule has 33 heavy (non-hydrogen) atoms. The number of hydrogen-bond donors (Lipinski definition) is 2. The minimum atomic E-state index is 0. The van der Waals surface area contributed by atoms with Crippen molar-refractivity contribution in [2.24, 2.45) is 11.5 Å². The largest absolute Gasteiger partial charge is 0.491 e. The number of rotatable bonds is 18. The van der Waals surface area contributed by atoms with Gasteiger partial charge in [0.25, 0.3) is 0 Å². The van der Waals surface area contributed by atoms with Crippen LogP contribution in [-0.2, 0) is 11.3 Å². The van der Waals surface area contributed by atoms with Crippen molar-refractivity contribution in [2.45, 2.75) is 110 Å². The van der Waals surface area contributed by atoms with Crippen molar-refractivity contribution in [2.75, 3.05) is 13.6 Å². The third kappa shape index (κ3) is 17.1. The molecule has 0 aromatic heterocycles. The summed E-state index contributed by atoms with van der Waals surface area (Å²) < 4.78 is 6.06. The molecular weight excluding hydrogens is 457 g/mol. The fourth-order valence-electron chi connectivity index (χ4n) is 3.72. The van der Waals surface area contributed by atoms with Crippen molar-refractivity contribution < 1.29 is 9.53 Å². The van der Waals surface area contributed by atoms with Gasteiger partial charge in [0.2, 0.25) is 5.91 Å². The van der Waals surface area contributed by atoms with Gasteiger partial charge in [-0.2, -0.15) is 0 Å². The summed E-state index contributed by atoms with van der Waals surface area (Å²) in [5, 5.41) is 0. The highest BCUT2D eigenvalue weighted by molar-refractivity contribution is 5.85. The third-order valence-electron chi connectivity index (χ3n) is 5.82. The van der Waals surface area contributed by atoms with Gasteiger partial charge in [-0.05, 0) is 63.3 Å². The standard InChI is InChI=1S/C26H47N3O2.2ClH/c1-4-5-6-7-9-12-24(28)17-14-22(2)31-25-18-15-23(16-19-25)21-29(3)26(30)13-10-8-11-20-27;;/h15-16,18-19,22,24H,4-14,17,20-21,27-28H2,1-3H3;2*1H. The minimum Gasteiger partial charge on any atom is -0.491 e. The van der Waals surface area contributed by atoms with Crippen molar-refractivity contribution in [3.8, 4) is 5.75 Å². The van der Waals surface area contributed by atoms with Crippen molar-refractivity contribution in [1.29, 1.82) is 0 Å². The van der Waals surface area contributed by atoms with Gasteiger partial charge in [0, 0.05) is 26.1 Å². The normalized spacial score (nSPS) is 12.3. The van der Waals surface area contributed by atoms with Crippen LogP contribution in [0.4, 0.5) is 0 Å². The van der Waals surface area contributed by atoms with Gasteiger partial charge in [0.1, 0.15) is 5.75 Å². The molecule has 194 valence electrons. The monoisotopic (exact) mass is 505 g/mol. The first-order valence-electron chi connectivity index (χ1n) is 12.4. The second-order valence-electron chi connectivity index (χ2n) is 8.96. The molecule has 1 aromatic rings. The first-order chi connectivity index (χ1) is 15.0. The Morgan fingerprint density at radius 1 is 0.939 bits per heavy atom. The summed E-state index contributed by atoms with van der Waals surface area (Å²) in [5.41, 5.74) is 12.9. The molecule has 0 saturated carbocycles. The molecule has 0 aliphatic carbocycles. The van der Waals surface area contributed by atoms with Crippen LogP contribution >= 0.6 is 24.8 Å². The molecule has 0 bridgehead atoms. The molecule has 4 N–H and O–H groups in total. The molecule has 2 unspecified atom stereocenters. The van der Waals surface area contributed by atoms with E-state index in [4.69, 9.17) is 16.2 Å². The van der Waals surface area contributed by atoms with E-state index in [0.29, 0.717) is 19.5 Å². The number of carbonyl (C=O) groups excluding carboxylic acids is 1. The first kappa shape index (κ1) is 34.2. The third-order valence-corrected chi connectivity index (χ3v) is 5.82. The van der Waals surface area contributed by atoms with Gasteiger partial charge in [-0.25, -0.2) is 0 Å². The van der Waals surface area contributed by atoms with E-state index < -0.39 is 0 Å². The van der Waals surface area contributed by atoms with Crippen LogP contribution < -0.4 is 16.2 Å². The summed E-state index contributed by atoms with van der Waals surface area (Å²) >= 11 is 0. The van der Waals surface area contributed by atoms with Crippen LogP contribution in [0.3, 0.4) is 0 Å². The Kier molecular flexibility index (Phi) is 22.3. The SMILES string of the molecule is CCCCCCCC(N)CCC(C)Oc1ccc(CN(C)C(=O)CCCCCN)cc1.Cl.Cl. The van der Waals surface area contributed by atoms with Crippen LogP contribution in [0.25, 0.3) is 0 Å². The molecular formula is C26H49Cl2N3O2. The van der Waals surface area contributed by atoms with Crippen molar-refractivity contribution in [3.63, 3.8) is 0 Å². The van der Waals surface area contributed by atoms with Gasteiger partial charge in [0.15, 0.2) is 0 Å². The van der Waals surface area contributed by atoms with E-state index in [1.165, 1.54) is 32.1 Å². The van der Waals surface area contributed by atoms with E-state index in [1.807, 2.05) is 31.3 Å². The minimum absolute atomic E-state index is 0. The highest BCUT2D eigenvalue weighted by Crippen LogP contribution is 2.18. The highest BCUT2D eigenvalue weighted by Gasteiger charge is 2.11. The first-order valence-corrected chi connectivity index (χ1v) is 12.4. The maximum absolute atomic E-state index is 12.2. The summed E-state index contributed by atoms with van der Waals surface area (Å²) in [6, 6.07) is 8.36. The molecule has 1 aromatic carbocycles. The zero-order valence-corrected chi connectivity index (χ0v) is 22.7. The fourth-order valence-corrected chi connectivity index (χ4v) is 3.72. The molecule has 5 nitrogen and oxygen atoms in total. The van der Waals surface area contributed by atoms with Gasteiger partial charge in [0.05, 0.1) is 6.10 Å². The average Bonchev–Trinajstić information content (AvgIpc) is 2.76. The number of carbonyl (C=O) groups is 1. The Bertz CT molecular complexity index is 587. The predicted octanol–water partition coefficient (Wildman–Crippen LogP) is 6.24. The molecule has 2 atom stereocenters. The van der Waals surface area contributed by atoms with Gasteiger partial charge in [-0.1, -0.05) is 57.6 Å². The lowest BCUT2D eigenvalue weighted by Crippen LogP contribution is -2.25. The lowest BCUT2D eigenvalue weighted by molar-refractivity contribution is -0.130. The molecule has 7 heteroatoms. The van der Waals surface area contributed by atoms with Crippen LogP contribution in [0.15, 0.2) is 24.3 Å². The number of halogens is 2. The van der Waals surface area contributed by atoms with Crippen molar-refractivity contribution >= 4 is 30.7 Å². The van der Waals surface area contributed by atoms with Gasteiger partial charge in [-0.15, -0.1) is 24.8 Å². The Morgan fingerprint density at radius 3 is 2.21 bits per heavy atom. The second-order valence-corrected chi connectivity index (χ2v) is 8.96. The molecule has 0 heterocycles. The lowest BCUT2D eigenvalue weighted by atomic mass is 10.0. The van der Waals surface area contributed by atoms with E-state index in [0.717, 1.165) is 49.8 Å². The molecule has 0 radical (unpaired) electrons. The molecule has 1 rings (SSSR count). The number of unbranched alkanes of at least 4 members (excludes halogenated alkanes) is 6. The molecule has 0 spiro atoms. The van der Waals surface area contributed by atoms with Crippen LogP contribution in [-0.4, -0.2) is 36.5 Å². The van der Waals surface area contributed by atoms with E-state index in [9.17, 15) is 4.79 Å². The average molecular weight is 507 g/mol. The van der Waals surface area contributed by atoms with E-state index in [-0.39, 0.29) is 42.9 Å². The number of amides is 1. The number of ether oxygens (including phenoxy) is 1. The summed E-state index contributed by atoms with van der Waals surface area (Å²) in [4.78, 5) is 14.0. The predicted molar refractivity (Wildman–Crippen MR) is 146 cm³/mol. The summed E-state index contributed by atoms with van der Waals surface area (Å²) in [5.74, 6) is 1.06. The topological polar surface area (TPSA) is 81.6 Å². The molecule has 0 saturated heterocycles. The van der Waals surface area contributed by atoms with E-state index in [1.54, 1.807) is 4.90 Å². The smallest absolute Gasteiger partial charge is 0.222 e. The summed E-state index contributed by atoms with van der Waals surface area (Å²) in [6.07, 6.45) is 13.2. The summed E-state index contributed by atoms with van der Waals surface area (Å²) in [7, 11) is 1.87. The van der Waals surface area contributed by atoms with Crippen LogP contribution in [0.1, 0.15) is 96.5 Å². The van der Waals surface area contributed by atoms with Crippen molar-refractivity contribution in [3.05, 3.63) is 29.8 Å². The van der Waals surface area contributed by atoms with E-state index in [2.05, 4.69) is 13.8 Å². The number of hydrogen-bond acceptors (Lipinski definition) is 4. The second kappa shape index (κ2) is 21.5. The van der Waals surface area contributed by atoms with Crippen LogP contribution in [0.2, 0.25) is 0 Å². The maximum Gasteiger partial charge on any atom is 0.222 e. The molecule has 0 aliphatic rings. The number of benzene rings is 1. The Labute approximate surface area is 215 Å². The Hall–Kier alpha value is -1.01. The van der Waals surface area contributed by atoms with Gasteiger partial charge < -0.3 is 21.1 Å². The Morgan fingerprint density at radius 2 is 1.58 bits per heavy atom. The fraction of sp³-hybridized carbons (Fsp3) is 0.731. The number of nitrogens with two attached hydrogens (primary N) is 2. The maximum atomic E-state index is 12.2. The quantitative estimate of drug-likeness (QED) is 0.231. The van der Waals surface area contributed by atoms with E-state index >= 15 is 0 Å². The summed E-state index contributed by atoms with van der Waals surface area (Å²) in [6.45, 7) is 5.67. The van der Waals surface area contributed by atoms with Gasteiger partial charge >= 0.3 is 0 Å². The van der Waals surface area contributed by atoms with Crippen LogP contribution in [0, 0.1) is 0 Å². The van der Waals surface area contributed by atoms with Crippen molar-refractivity contribution in [1.82, 2.24) is 4.90 Å². The lowest BCUT2D eigenvalue weighted by Gasteiger charge is -2.19. The van der Waals surface area contributed by atoms with Gasteiger partial charge in [-0.3, -0.25) is 4.79 Å². The zero-order valence-electron chi connectivity index (χ0n) is 21.1. The number of nitrogens with zero attached hydrogens (tertiary/aromatic N) is 1. The molecule has 1 amide bonds. The highest BCUT2D eigenvalue weighted by atomic mass is 35.5. The van der Waals surface area contributed by atoms with Crippen LogP contribution in [0.5, 0.6) is 5.75 Å². The zero-order chi connectivity index (χ0) is 22.9. The molecule has 0 fully saturated rings. The Balaban J connectivity index is 0.